The van der Waals surface area contributed by atoms with Crippen LogP contribution in [0.15, 0.2) is 64.6 Å². The Hall–Kier alpha value is -3.61. The molecule has 27 heavy (non-hydrogen) atoms. The zero-order valence-electron chi connectivity index (χ0n) is 15.0. The van der Waals surface area contributed by atoms with Crippen molar-refractivity contribution in [2.45, 2.75) is 13.5 Å². The second-order valence-corrected chi connectivity index (χ2v) is 6.39. The molecule has 0 saturated heterocycles. The molecular weight excluding hydrogens is 342 g/mol. The van der Waals surface area contributed by atoms with E-state index in [4.69, 9.17) is 0 Å². The second-order valence-electron chi connectivity index (χ2n) is 6.39. The molecule has 7 heteroatoms. The lowest BCUT2D eigenvalue weighted by Gasteiger charge is -2.11. The second kappa shape index (κ2) is 6.60. The van der Waals surface area contributed by atoms with Crippen molar-refractivity contribution < 1.29 is 0 Å². The van der Waals surface area contributed by atoms with E-state index < -0.39 is 11.2 Å². The van der Waals surface area contributed by atoms with Gasteiger partial charge in [-0.1, -0.05) is 29.8 Å². The van der Waals surface area contributed by atoms with Crippen LogP contribution in [-0.4, -0.2) is 24.1 Å². The van der Waals surface area contributed by atoms with Crippen LogP contribution >= 0.6 is 0 Å². The number of hydrogen-bond acceptors (Lipinski definition) is 5. The highest BCUT2D eigenvalue weighted by Gasteiger charge is 2.14. The molecule has 7 nitrogen and oxygen atoms in total. The van der Waals surface area contributed by atoms with Crippen LogP contribution in [0.3, 0.4) is 0 Å². The number of pyridine rings is 1. The number of fused-ring (bicyclic) bond motifs is 1. The summed E-state index contributed by atoms with van der Waals surface area (Å²) in [5.41, 5.74) is 2.28. The molecule has 3 heterocycles. The Kier molecular flexibility index (Phi) is 4.12. The summed E-state index contributed by atoms with van der Waals surface area (Å²) in [6.07, 6.45) is 4.76. The van der Waals surface area contributed by atoms with E-state index in [0.29, 0.717) is 16.9 Å². The van der Waals surface area contributed by atoms with Crippen LogP contribution in [0.2, 0.25) is 0 Å². The molecule has 4 rings (SSSR count). The molecule has 0 unspecified atom stereocenters. The molecule has 0 aliphatic carbocycles. The van der Waals surface area contributed by atoms with Crippen LogP contribution in [-0.2, 0) is 13.6 Å². The van der Waals surface area contributed by atoms with E-state index in [0.717, 1.165) is 16.7 Å². The van der Waals surface area contributed by atoms with Crippen LogP contribution in [0, 0.1) is 6.92 Å². The van der Waals surface area contributed by atoms with E-state index in [1.54, 1.807) is 31.6 Å². The number of aromatic nitrogens is 5. The first-order chi connectivity index (χ1) is 13.0. The average Bonchev–Trinajstić information content (AvgIpc) is 2.71. The fraction of sp³-hybridized carbons (Fsp3) is 0.150. The van der Waals surface area contributed by atoms with E-state index in [9.17, 15) is 9.59 Å². The molecule has 0 amide bonds. The monoisotopic (exact) mass is 359 g/mol. The number of nitrogens with zero attached hydrogens (tertiary/aromatic N) is 5. The molecule has 4 aromatic rings. The van der Waals surface area contributed by atoms with Crippen molar-refractivity contribution in [3.8, 4) is 11.4 Å². The number of rotatable bonds is 3. The molecule has 0 aliphatic heterocycles. The SMILES string of the molecule is Cc1ccc(Cn2c(=O)c3cnc(-c4ccncc4)nc3n(C)c2=O)cc1. The Morgan fingerprint density at radius 3 is 2.41 bits per heavy atom. The van der Waals surface area contributed by atoms with Gasteiger partial charge >= 0.3 is 5.69 Å². The molecule has 134 valence electrons. The molecule has 0 radical (unpaired) electrons. The van der Waals surface area contributed by atoms with Crippen LogP contribution in [0.25, 0.3) is 22.4 Å². The van der Waals surface area contributed by atoms with Crippen molar-refractivity contribution >= 4 is 11.0 Å². The van der Waals surface area contributed by atoms with Crippen molar-refractivity contribution in [1.82, 2.24) is 24.1 Å². The smallest absolute Gasteiger partial charge is 0.280 e. The van der Waals surface area contributed by atoms with Gasteiger partial charge in [0.05, 0.1) is 6.54 Å². The maximum atomic E-state index is 12.9. The van der Waals surface area contributed by atoms with Crippen molar-refractivity contribution in [2.24, 2.45) is 7.05 Å². The zero-order chi connectivity index (χ0) is 19.0. The first kappa shape index (κ1) is 16.8. The minimum absolute atomic E-state index is 0.202. The quantitative estimate of drug-likeness (QED) is 0.558. The summed E-state index contributed by atoms with van der Waals surface area (Å²) in [6, 6.07) is 11.3. The number of hydrogen-bond donors (Lipinski definition) is 0. The zero-order valence-corrected chi connectivity index (χ0v) is 15.0. The van der Waals surface area contributed by atoms with Crippen molar-refractivity contribution in [3.63, 3.8) is 0 Å². The highest BCUT2D eigenvalue weighted by molar-refractivity contribution is 5.75. The number of aryl methyl sites for hydroxylation is 2. The largest absolute Gasteiger partial charge is 0.332 e. The molecular formula is C20H17N5O2. The van der Waals surface area contributed by atoms with Crippen LogP contribution in [0.4, 0.5) is 0 Å². The van der Waals surface area contributed by atoms with Gasteiger partial charge in [0, 0.05) is 31.2 Å². The van der Waals surface area contributed by atoms with E-state index >= 15 is 0 Å². The fourth-order valence-corrected chi connectivity index (χ4v) is 2.94. The van der Waals surface area contributed by atoms with Gasteiger partial charge in [-0.15, -0.1) is 0 Å². The van der Waals surface area contributed by atoms with Gasteiger partial charge in [0.15, 0.2) is 11.5 Å². The topological polar surface area (TPSA) is 82.7 Å². The molecule has 3 aromatic heterocycles. The van der Waals surface area contributed by atoms with Gasteiger partial charge in [0.1, 0.15) is 5.39 Å². The lowest BCUT2D eigenvalue weighted by atomic mass is 10.1. The minimum Gasteiger partial charge on any atom is -0.280 e. The molecule has 1 aromatic carbocycles. The summed E-state index contributed by atoms with van der Waals surface area (Å²) < 4.78 is 2.60. The van der Waals surface area contributed by atoms with Crippen molar-refractivity contribution in [1.29, 1.82) is 0 Å². The third-order valence-electron chi connectivity index (χ3n) is 4.48. The van der Waals surface area contributed by atoms with Crippen LogP contribution < -0.4 is 11.2 Å². The lowest BCUT2D eigenvalue weighted by Crippen LogP contribution is -2.39. The summed E-state index contributed by atoms with van der Waals surface area (Å²) in [5.74, 6) is 0.440. The molecule has 0 saturated carbocycles. The third kappa shape index (κ3) is 3.03. The first-order valence-corrected chi connectivity index (χ1v) is 8.47. The maximum Gasteiger partial charge on any atom is 0.332 e. The van der Waals surface area contributed by atoms with Gasteiger partial charge in [-0.05, 0) is 24.6 Å². The highest BCUT2D eigenvalue weighted by atomic mass is 16.2. The van der Waals surface area contributed by atoms with Crippen LogP contribution in [0.1, 0.15) is 11.1 Å². The first-order valence-electron chi connectivity index (χ1n) is 8.47. The van der Waals surface area contributed by atoms with Gasteiger partial charge in [-0.2, -0.15) is 0 Å². The van der Waals surface area contributed by atoms with Gasteiger partial charge in [-0.3, -0.25) is 18.9 Å². The fourth-order valence-electron chi connectivity index (χ4n) is 2.94. The summed E-state index contributed by atoms with van der Waals surface area (Å²) >= 11 is 0. The predicted octanol–water partition coefficient (Wildman–Crippen LogP) is 1.91. The van der Waals surface area contributed by atoms with Crippen molar-refractivity contribution in [3.05, 3.63) is 87.0 Å². The van der Waals surface area contributed by atoms with Gasteiger partial charge < -0.3 is 0 Å². The van der Waals surface area contributed by atoms with Gasteiger partial charge in [0.25, 0.3) is 5.56 Å². The normalized spacial score (nSPS) is 11.0. The van der Waals surface area contributed by atoms with E-state index in [-0.39, 0.29) is 6.54 Å². The van der Waals surface area contributed by atoms with Gasteiger partial charge in [0.2, 0.25) is 0 Å². The molecule has 0 spiro atoms. The van der Waals surface area contributed by atoms with E-state index in [2.05, 4.69) is 15.0 Å². The molecule has 0 fully saturated rings. The Bertz CT molecular complexity index is 1240. The van der Waals surface area contributed by atoms with E-state index in [1.807, 2.05) is 31.2 Å². The summed E-state index contributed by atoms with van der Waals surface area (Å²) in [4.78, 5) is 38.4. The molecule has 0 bridgehead atoms. The Labute approximate surface area is 154 Å². The van der Waals surface area contributed by atoms with Crippen molar-refractivity contribution in [2.75, 3.05) is 0 Å². The van der Waals surface area contributed by atoms with E-state index in [1.165, 1.54) is 15.3 Å². The predicted molar refractivity (Wildman–Crippen MR) is 103 cm³/mol. The third-order valence-corrected chi connectivity index (χ3v) is 4.48. The number of benzene rings is 1. The Morgan fingerprint density at radius 2 is 1.70 bits per heavy atom. The molecule has 0 atom stereocenters. The maximum absolute atomic E-state index is 12.9. The average molecular weight is 359 g/mol. The standard InChI is InChI=1S/C20H17N5O2/c1-13-3-5-14(6-4-13)12-25-19(26)16-11-22-17(15-7-9-21-10-8-15)23-18(16)24(2)20(25)27/h3-11H,12H2,1-2H3. The summed E-state index contributed by atoms with van der Waals surface area (Å²) in [5, 5.41) is 0.307. The van der Waals surface area contributed by atoms with Gasteiger partial charge in [-0.25, -0.2) is 14.8 Å². The Morgan fingerprint density at radius 1 is 1.00 bits per heavy atom. The summed E-state index contributed by atoms with van der Waals surface area (Å²) in [6.45, 7) is 2.19. The summed E-state index contributed by atoms with van der Waals surface area (Å²) in [7, 11) is 1.61. The lowest BCUT2D eigenvalue weighted by molar-refractivity contribution is 0.656. The highest BCUT2D eigenvalue weighted by Crippen LogP contribution is 2.15. The Balaban J connectivity index is 1.87. The molecule has 0 aliphatic rings. The van der Waals surface area contributed by atoms with Crippen LogP contribution in [0.5, 0.6) is 0 Å². The minimum atomic E-state index is -0.410. The molecule has 0 N–H and O–H groups in total.